The molecule has 0 bridgehead atoms. The maximum atomic E-state index is 10.0. The smallest absolute Gasteiger partial charge is 0.169 e. The van der Waals surface area contributed by atoms with Gasteiger partial charge in [0.1, 0.15) is 0 Å². The minimum Gasteiger partial charge on any atom is -0.313 e. The highest BCUT2D eigenvalue weighted by atomic mass is 16.1. The van der Waals surface area contributed by atoms with Gasteiger partial charge in [0.15, 0.2) is 7.17 Å². The second kappa shape index (κ2) is 3.01. The molecule has 0 saturated carbocycles. The summed E-state index contributed by atoms with van der Waals surface area (Å²) in [6.45, 7) is 3.62. The number of carbonyl (C=O) groups excluding carboxylic acids is 1. The molecule has 0 aromatic carbocycles. The molecule has 0 unspecified atom stereocenters. The molecule has 3 heteroatoms. The first-order chi connectivity index (χ1) is 2.77. The first kappa shape index (κ1) is 5.80. The Morgan fingerprint density at radius 3 is 2.17 bits per heavy atom. The molecule has 0 aliphatic rings. The second-order valence-corrected chi connectivity index (χ2v) is 1.45. The summed E-state index contributed by atoms with van der Waals surface area (Å²) >= 11 is 0. The highest BCUT2D eigenvalue weighted by Gasteiger charge is 1.89. The molecule has 0 fully saturated rings. The Morgan fingerprint density at radius 2 is 2.17 bits per heavy atom. The van der Waals surface area contributed by atoms with Crippen LogP contribution in [-0.4, -0.2) is 20.0 Å². The lowest BCUT2D eigenvalue weighted by Crippen LogP contribution is -2.08. The molecule has 32 valence electrons. The van der Waals surface area contributed by atoms with Crippen LogP contribution in [0.25, 0.3) is 0 Å². The van der Waals surface area contributed by atoms with Gasteiger partial charge in [-0.05, 0) is 6.92 Å². The molecule has 0 aromatic rings. The van der Waals surface area contributed by atoms with Crippen LogP contribution in [0.2, 0.25) is 6.82 Å². The number of hydrogen-bond donors (Lipinski definition) is 0. The predicted molar refractivity (Wildman–Crippen MR) is 30.8 cm³/mol. The van der Waals surface area contributed by atoms with E-state index in [9.17, 15) is 4.79 Å². The normalized spacial score (nSPS) is 7.00. The Kier molecular flexibility index (Phi) is 2.91. The fourth-order valence-corrected chi connectivity index (χ4v) is 0.352. The van der Waals surface area contributed by atoms with E-state index in [0.717, 1.165) is 14.3 Å². The molecule has 0 atom stereocenters. The van der Waals surface area contributed by atoms with Crippen LogP contribution in [0.4, 0.5) is 0 Å². The van der Waals surface area contributed by atoms with Crippen LogP contribution in [0.15, 0.2) is 0 Å². The summed E-state index contributed by atoms with van der Waals surface area (Å²) in [5.41, 5.74) is 0.289. The molecule has 6 heavy (non-hydrogen) atoms. The molecule has 0 saturated heterocycles. The van der Waals surface area contributed by atoms with E-state index in [-0.39, 0.29) is 5.68 Å². The maximum Gasteiger partial charge on any atom is 0.169 e. The molecule has 0 aromatic heterocycles. The maximum absolute atomic E-state index is 10.0. The lowest BCUT2D eigenvalue weighted by atomic mass is 9.39. The van der Waals surface area contributed by atoms with Crippen molar-refractivity contribution in [1.82, 2.24) is 0 Å². The van der Waals surface area contributed by atoms with Gasteiger partial charge in [-0.2, -0.15) is 0 Å². The number of hydrogen-bond acceptors (Lipinski definition) is 1. The lowest BCUT2D eigenvalue weighted by Gasteiger charge is -1.75. The highest BCUT2D eigenvalue weighted by molar-refractivity contribution is 7.15. The van der Waals surface area contributed by atoms with Gasteiger partial charge >= 0.3 is 0 Å². The molecular weight excluding hydrogens is 73.7 g/mol. The Hall–Kier alpha value is -0.200. The zero-order chi connectivity index (χ0) is 4.99. The van der Waals surface area contributed by atoms with Crippen molar-refractivity contribution >= 4 is 20.0 Å². The summed E-state index contributed by atoms with van der Waals surface area (Å²) in [6.07, 6.45) is 0. The van der Waals surface area contributed by atoms with Gasteiger partial charge in [0, 0.05) is 0 Å². The van der Waals surface area contributed by atoms with Crippen LogP contribution < -0.4 is 0 Å². The third kappa shape index (κ3) is 3.80. The lowest BCUT2D eigenvalue weighted by molar-refractivity contribution is -0.110. The average molecular weight is 81.7 g/mol. The van der Waals surface area contributed by atoms with Gasteiger partial charge in [-0.15, -0.1) is 0 Å². The zero-order valence-electron chi connectivity index (χ0n) is 4.32. The molecule has 1 nitrogen and oxygen atoms in total. The second-order valence-electron chi connectivity index (χ2n) is 1.45. The Labute approximate surface area is 39.6 Å². The minimum atomic E-state index is 0.289. The summed E-state index contributed by atoms with van der Waals surface area (Å²) in [5, 5.41) is 0. The van der Waals surface area contributed by atoms with Crippen LogP contribution in [0.3, 0.4) is 0 Å². The number of rotatable bonds is 2. The monoisotopic (exact) mass is 82.1 g/mol. The predicted octanol–water partition coefficient (Wildman–Crippen LogP) is -0.631. The molecule has 0 amide bonds. The van der Waals surface area contributed by atoms with Gasteiger partial charge in [0.2, 0.25) is 0 Å². The van der Waals surface area contributed by atoms with E-state index < -0.39 is 0 Å². The van der Waals surface area contributed by atoms with Crippen molar-refractivity contribution in [2.45, 2.75) is 13.7 Å². The van der Waals surface area contributed by atoms with E-state index >= 15 is 0 Å². The first-order valence-corrected chi connectivity index (χ1v) is 2.26. The Bertz CT molecular complexity index is 52.8. The standard InChI is InChI=1S/C3H8B2O/c1-3(6)5-4-2/h4-5H,1-2H3. The van der Waals surface area contributed by atoms with Crippen molar-refractivity contribution < 1.29 is 4.79 Å². The van der Waals surface area contributed by atoms with Crippen molar-refractivity contribution in [3.8, 4) is 0 Å². The van der Waals surface area contributed by atoms with Crippen molar-refractivity contribution in [2.75, 3.05) is 0 Å². The summed E-state index contributed by atoms with van der Waals surface area (Å²) in [6, 6.07) is 0. The van der Waals surface area contributed by atoms with E-state index in [0.29, 0.717) is 0 Å². The molecule has 0 aliphatic heterocycles. The molecule has 0 N–H and O–H groups in total. The SMILES string of the molecule is CBBC(C)=O. The van der Waals surface area contributed by atoms with Crippen LogP contribution in [0, 0.1) is 0 Å². The van der Waals surface area contributed by atoms with E-state index in [2.05, 4.69) is 0 Å². The van der Waals surface area contributed by atoms with Gasteiger partial charge in [-0.1, -0.05) is 6.82 Å². The minimum absolute atomic E-state index is 0.289. The van der Waals surface area contributed by atoms with Crippen molar-refractivity contribution in [1.29, 1.82) is 0 Å². The van der Waals surface area contributed by atoms with Crippen molar-refractivity contribution in [2.24, 2.45) is 0 Å². The van der Waals surface area contributed by atoms with Crippen LogP contribution in [0.5, 0.6) is 0 Å². The van der Waals surface area contributed by atoms with Crippen LogP contribution in [0.1, 0.15) is 6.92 Å². The fraction of sp³-hybridized carbons (Fsp3) is 0.667. The van der Waals surface area contributed by atoms with E-state index in [4.69, 9.17) is 0 Å². The fourth-order valence-electron chi connectivity index (χ4n) is 0.352. The largest absolute Gasteiger partial charge is 0.313 e. The van der Waals surface area contributed by atoms with Crippen LogP contribution in [-0.2, 0) is 4.79 Å². The molecule has 0 radical (unpaired) electrons. The highest BCUT2D eigenvalue weighted by Crippen LogP contribution is 1.58. The summed E-state index contributed by atoms with van der Waals surface area (Å²) in [4.78, 5) is 10.0. The van der Waals surface area contributed by atoms with Gasteiger partial charge in [0.25, 0.3) is 0 Å². The van der Waals surface area contributed by atoms with Gasteiger partial charge in [-0.3, -0.25) is 0 Å². The van der Waals surface area contributed by atoms with Crippen molar-refractivity contribution in [3.63, 3.8) is 0 Å². The van der Waals surface area contributed by atoms with Gasteiger partial charge in [-0.25, -0.2) is 0 Å². The third-order valence-electron chi connectivity index (χ3n) is 0.602. The average Bonchev–Trinajstić information content (AvgIpc) is 1.35. The summed E-state index contributed by atoms with van der Waals surface area (Å²) in [7, 11) is 1.72. The zero-order valence-corrected chi connectivity index (χ0v) is 4.32. The third-order valence-corrected chi connectivity index (χ3v) is 0.602. The van der Waals surface area contributed by atoms with E-state index in [1.807, 2.05) is 6.82 Å². The molecule has 0 heterocycles. The van der Waals surface area contributed by atoms with E-state index in [1.54, 1.807) is 6.92 Å². The topological polar surface area (TPSA) is 17.1 Å². The van der Waals surface area contributed by atoms with Crippen LogP contribution >= 0.6 is 0 Å². The molecule has 0 aliphatic carbocycles. The van der Waals surface area contributed by atoms with Gasteiger partial charge in [0.05, 0.1) is 12.9 Å². The van der Waals surface area contributed by atoms with Crippen molar-refractivity contribution in [3.05, 3.63) is 0 Å². The summed E-state index contributed by atoms with van der Waals surface area (Å²) in [5.74, 6) is 0. The quantitative estimate of drug-likeness (QED) is 0.405. The number of carbonyl (C=O) groups is 1. The van der Waals surface area contributed by atoms with Gasteiger partial charge < -0.3 is 4.79 Å². The Balaban J connectivity index is 2.83. The molecular formula is C3H8B2O. The first-order valence-electron chi connectivity index (χ1n) is 2.26. The molecule has 0 rings (SSSR count). The van der Waals surface area contributed by atoms with E-state index in [1.165, 1.54) is 0 Å². The summed E-state index contributed by atoms with van der Waals surface area (Å²) < 4.78 is 0. The molecule has 0 spiro atoms. The Morgan fingerprint density at radius 1 is 1.67 bits per heavy atom.